The van der Waals surface area contributed by atoms with E-state index in [-0.39, 0.29) is 19.1 Å². The number of hydrogen-bond donors (Lipinski definition) is 1. The van der Waals surface area contributed by atoms with Crippen LogP contribution in [0.15, 0.2) is 53.0 Å². The molecule has 1 N–H and O–H groups in total. The Morgan fingerprint density at radius 3 is 2.58 bits per heavy atom. The highest BCUT2D eigenvalue weighted by atomic mass is 79.9. The second-order valence-corrected chi connectivity index (χ2v) is 6.12. The van der Waals surface area contributed by atoms with Crippen molar-refractivity contribution in [3.63, 3.8) is 0 Å². The fraction of sp³-hybridized carbons (Fsp3) is 0.263. The van der Waals surface area contributed by atoms with Gasteiger partial charge in [0.25, 0.3) is 5.91 Å². The average Bonchev–Trinajstić information content (AvgIpc) is 2.65. The summed E-state index contributed by atoms with van der Waals surface area (Å²) in [4.78, 5) is 24.0. The van der Waals surface area contributed by atoms with Gasteiger partial charge in [0.05, 0.1) is 12.2 Å². The van der Waals surface area contributed by atoms with E-state index in [1.165, 1.54) is 0 Å². The molecule has 0 aliphatic heterocycles. The first-order chi connectivity index (χ1) is 12.6. The number of esters is 1. The van der Waals surface area contributed by atoms with Gasteiger partial charge in [-0.3, -0.25) is 4.79 Å². The number of carbonyl (C=O) groups excluding carboxylic acids is 2. The van der Waals surface area contributed by atoms with Gasteiger partial charge in [-0.05, 0) is 49.4 Å². The van der Waals surface area contributed by atoms with E-state index in [0.717, 1.165) is 4.47 Å². The van der Waals surface area contributed by atoms with Crippen LogP contribution >= 0.6 is 15.9 Å². The number of carbonyl (C=O) groups is 2. The first-order valence-electron chi connectivity index (χ1n) is 8.11. The van der Waals surface area contributed by atoms with Crippen LogP contribution in [0, 0.1) is 0 Å². The van der Waals surface area contributed by atoms with E-state index in [4.69, 9.17) is 14.2 Å². The molecule has 0 fully saturated rings. The fourth-order valence-electron chi connectivity index (χ4n) is 2.02. The molecular weight excluding hydrogens is 402 g/mol. The summed E-state index contributed by atoms with van der Waals surface area (Å²) in [6.45, 7) is 2.84. The van der Waals surface area contributed by atoms with Crippen molar-refractivity contribution < 1.29 is 23.8 Å². The van der Waals surface area contributed by atoms with Crippen molar-refractivity contribution in [2.45, 2.75) is 6.92 Å². The molecule has 138 valence electrons. The van der Waals surface area contributed by atoms with Crippen LogP contribution in [0.4, 0.5) is 5.69 Å². The van der Waals surface area contributed by atoms with Crippen LogP contribution in [0.3, 0.4) is 0 Å². The monoisotopic (exact) mass is 421 g/mol. The first-order valence-corrected chi connectivity index (χ1v) is 8.91. The standard InChI is InChI=1S/C19H20BrNO5/c1-2-24-10-11-25-19(23)14-4-3-5-16(12-14)21-18(22)13-26-17-8-6-15(20)7-9-17/h3-9,12H,2,10-11,13H2,1H3,(H,21,22). The van der Waals surface area contributed by atoms with Gasteiger partial charge in [-0.25, -0.2) is 4.79 Å². The van der Waals surface area contributed by atoms with Crippen molar-refractivity contribution in [2.75, 3.05) is 31.7 Å². The molecule has 0 saturated carbocycles. The number of amides is 1. The molecule has 0 heterocycles. The molecule has 0 unspecified atom stereocenters. The Morgan fingerprint density at radius 2 is 1.85 bits per heavy atom. The van der Waals surface area contributed by atoms with Gasteiger partial charge in [0.2, 0.25) is 0 Å². The molecule has 0 spiro atoms. The summed E-state index contributed by atoms with van der Waals surface area (Å²) in [5.74, 6) is -0.198. The third-order valence-electron chi connectivity index (χ3n) is 3.23. The average molecular weight is 422 g/mol. The van der Waals surface area contributed by atoms with Crippen molar-refractivity contribution in [1.82, 2.24) is 0 Å². The van der Waals surface area contributed by atoms with Gasteiger partial charge in [-0.2, -0.15) is 0 Å². The van der Waals surface area contributed by atoms with Crippen molar-refractivity contribution in [3.05, 3.63) is 58.6 Å². The summed E-state index contributed by atoms with van der Waals surface area (Å²) in [5, 5.41) is 2.69. The molecule has 2 aromatic carbocycles. The maximum Gasteiger partial charge on any atom is 0.338 e. The number of halogens is 1. The van der Waals surface area contributed by atoms with Crippen LogP contribution in [0.25, 0.3) is 0 Å². The second kappa shape index (κ2) is 10.6. The zero-order valence-electron chi connectivity index (χ0n) is 14.4. The summed E-state index contributed by atoms with van der Waals surface area (Å²) in [5.41, 5.74) is 0.849. The van der Waals surface area contributed by atoms with Crippen molar-refractivity contribution in [1.29, 1.82) is 0 Å². The van der Waals surface area contributed by atoms with E-state index in [1.54, 1.807) is 36.4 Å². The highest BCUT2D eigenvalue weighted by Gasteiger charge is 2.09. The molecular formula is C19H20BrNO5. The first kappa shape index (κ1) is 19.9. The van der Waals surface area contributed by atoms with E-state index in [2.05, 4.69) is 21.2 Å². The molecule has 7 heteroatoms. The molecule has 0 aliphatic carbocycles. The molecule has 0 atom stereocenters. The molecule has 2 rings (SSSR count). The third-order valence-corrected chi connectivity index (χ3v) is 3.76. The Labute approximate surface area is 160 Å². The lowest BCUT2D eigenvalue weighted by Crippen LogP contribution is -2.20. The number of ether oxygens (including phenoxy) is 3. The maximum atomic E-state index is 12.0. The van der Waals surface area contributed by atoms with Gasteiger partial charge in [0.1, 0.15) is 12.4 Å². The van der Waals surface area contributed by atoms with E-state index >= 15 is 0 Å². The third kappa shape index (κ3) is 6.85. The largest absolute Gasteiger partial charge is 0.484 e. The minimum Gasteiger partial charge on any atom is -0.484 e. The molecule has 0 aromatic heterocycles. The van der Waals surface area contributed by atoms with Crippen LogP contribution in [0.1, 0.15) is 17.3 Å². The zero-order chi connectivity index (χ0) is 18.8. The maximum absolute atomic E-state index is 12.0. The van der Waals surface area contributed by atoms with Crippen molar-refractivity contribution >= 4 is 33.5 Å². The molecule has 26 heavy (non-hydrogen) atoms. The van der Waals surface area contributed by atoms with Crippen LogP contribution < -0.4 is 10.1 Å². The van der Waals surface area contributed by atoms with Gasteiger partial charge in [0, 0.05) is 16.8 Å². The van der Waals surface area contributed by atoms with E-state index in [0.29, 0.717) is 30.2 Å². The Morgan fingerprint density at radius 1 is 1.08 bits per heavy atom. The lowest BCUT2D eigenvalue weighted by atomic mass is 10.2. The summed E-state index contributed by atoms with van der Waals surface area (Å²) in [6.07, 6.45) is 0. The topological polar surface area (TPSA) is 73.9 Å². The van der Waals surface area contributed by atoms with Gasteiger partial charge >= 0.3 is 5.97 Å². The molecule has 2 aromatic rings. The van der Waals surface area contributed by atoms with Crippen molar-refractivity contribution in [2.24, 2.45) is 0 Å². The van der Waals surface area contributed by atoms with E-state index in [9.17, 15) is 9.59 Å². The summed E-state index contributed by atoms with van der Waals surface area (Å²) in [6, 6.07) is 13.7. The number of hydrogen-bond acceptors (Lipinski definition) is 5. The van der Waals surface area contributed by atoms with Crippen LogP contribution in [0.5, 0.6) is 5.75 Å². The Bertz CT molecular complexity index is 733. The molecule has 0 aliphatic rings. The van der Waals surface area contributed by atoms with E-state index < -0.39 is 5.97 Å². The number of nitrogens with one attached hydrogen (secondary N) is 1. The molecule has 0 radical (unpaired) electrons. The Balaban J connectivity index is 1.83. The van der Waals surface area contributed by atoms with Crippen LogP contribution in [-0.4, -0.2) is 38.3 Å². The minimum absolute atomic E-state index is 0.134. The van der Waals surface area contributed by atoms with Gasteiger partial charge in [-0.15, -0.1) is 0 Å². The molecule has 6 nitrogen and oxygen atoms in total. The Hall–Kier alpha value is -2.38. The van der Waals surface area contributed by atoms with Gasteiger partial charge < -0.3 is 19.5 Å². The van der Waals surface area contributed by atoms with Crippen molar-refractivity contribution in [3.8, 4) is 5.75 Å². The van der Waals surface area contributed by atoms with Gasteiger partial charge in [-0.1, -0.05) is 22.0 Å². The number of benzene rings is 2. The Kier molecular flexibility index (Phi) is 8.11. The van der Waals surface area contributed by atoms with Gasteiger partial charge in [0.15, 0.2) is 6.61 Å². The normalized spacial score (nSPS) is 10.2. The summed E-state index contributed by atoms with van der Waals surface area (Å²) >= 11 is 3.33. The SMILES string of the molecule is CCOCCOC(=O)c1cccc(NC(=O)COc2ccc(Br)cc2)c1. The molecule has 0 saturated heterocycles. The smallest absolute Gasteiger partial charge is 0.338 e. The molecule has 0 bridgehead atoms. The highest BCUT2D eigenvalue weighted by Crippen LogP contribution is 2.16. The highest BCUT2D eigenvalue weighted by molar-refractivity contribution is 9.10. The summed E-state index contributed by atoms with van der Waals surface area (Å²) in [7, 11) is 0. The quantitative estimate of drug-likeness (QED) is 0.493. The fourth-order valence-corrected chi connectivity index (χ4v) is 2.29. The lowest BCUT2D eigenvalue weighted by Gasteiger charge is -2.09. The van der Waals surface area contributed by atoms with Crippen LogP contribution in [0.2, 0.25) is 0 Å². The second-order valence-electron chi connectivity index (χ2n) is 5.20. The summed E-state index contributed by atoms with van der Waals surface area (Å²) < 4.78 is 16.6. The predicted octanol–water partition coefficient (Wildman–Crippen LogP) is 3.66. The number of rotatable bonds is 9. The predicted molar refractivity (Wildman–Crippen MR) is 101 cm³/mol. The lowest BCUT2D eigenvalue weighted by molar-refractivity contribution is -0.118. The zero-order valence-corrected chi connectivity index (χ0v) is 16.0. The minimum atomic E-state index is -0.466. The van der Waals surface area contributed by atoms with Crippen LogP contribution in [-0.2, 0) is 14.3 Å². The molecule has 1 amide bonds. The van der Waals surface area contributed by atoms with E-state index in [1.807, 2.05) is 19.1 Å². The number of anilines is 1.